The van der Waals surface area contributed by atoms with Gasteiger partial charge in [0, 0.05) is 12.2 Å². The third kappa shape index (κ3) is 3.79. The fourth-order valence-corrected chi connectivity index (χ4v) is 2.19. The Bertz CT molecular complexity index is 498. The molecule has 1 aliphatic rings. The monoisotopic (exact) mass is 286 g/mol. The first-order valence-corrected chi connectivity index (χ1v) is 6.43. The lowest BCUT2D eigenvalue weighted by atomic mass is 10.1. The molecule has 0 saturated heterocycles. The molecule has 1 unspecified atom stereocenters. The van der Waals surface area contributed by atoms with Gasteiger partial charge < -0.3 is 15.0 Å². The highest BCUT2D eigenvalue weighted by molar-refractivity contribution is 5.93. The van der Waals surface area contributed by atoms with E-state index < -0.39 is 30.9 Å². The Morgan fingerprint density at radius 1 is 1.45 bits per heavy atom. The van der Waals surface area contributed by atoms with Crippen LogP contribution in [0.25, 0.3) is 0 Å². The lowest BCUT2D eigenvalue weighted by Gasteiger charge is -2.17. The topological polar surface area (TPSA) is 71.3 Å². The summed E-state index contributed by atoms with van der Waals surface area (Å²) in [5.41, 5.74) is 0.126. The summed E-state index contributed by atoms with van der Waals surface area (Å²) in [4.78, 5) is 22.8. The average molecular weight is 286 g/mol. The van der Waals surface area contributed by atoms with Crippen molar-refractivity contribution in [3.63, 3.8) is 0 Å². The molecule has 2 rings (SSSR count). The maximum atomic E-state index is 12.4. The number of carbonyl (C=O) groups is 2. The van der Waals surface area contributed by atoms with Crippen LogP contribution >= 0.6 is 0 Å². The normalized spacial score (nSPS) is 16.1. The molecule has 0 bridgehead atoms. The van der Waals surface area contributed by atoms with Gasteiger partial charge in [0.05, 0.1) is 13.0 Å². The van der Waals surface area contributed by atoms with Gasteiger partial charge in [-0.15, -0.1) is 0 Å². The molecule has 7 heteroatoms. The quantitative estimate of drug-likeness (QED) is 0.802. The number of carboxylic acids is 1. The molecule has 2 N–H and O–H groups in total. The summed E-state index contributed by atoms with van der Waals surface area (Å²) in [7, 11) is 0. The molecule has 1 saturated carbocycles. The van der Waals surface area contributed by atoms with Crippen molar-refractivity contribution in [2.45, 2.75) is 38.3 Å². The maximum absolute atomic E-state index is 12.4. The van der Waals surface area contributed by atoms with Gasteiger partial charge in [0.25, 0.3) is 12.3 Å². The van der Waals surface area contributed by atoms with E-state index in [0.29, 0.717) is 0 Å². The van der Waals surface area contributed by atoms with E-state index in [0.717, 1.165) is 12.8 Å². The zero-order valence-electron chi connectivity index (χ0n) is 10.8. The van der Waals surface area contributed by atoms with E-state index >= 15 is 0 Å². The molecule has 0 spiro atoms. The lowest BCUT2D eigenvalue weighted by molar-refractivity contribution is -0.137. The Balaban J connectivity index is 2.03. The van der Waals surface area contributed by atoms with Crippen molar-refractivity contribution in [2.75, 3.05) is 0 Å². The predicted octanol–water partition coefficient (Wildman–Crippen LogP) is 1.74. The lowest BCUT2D eigenvalue weighted by Crippen LogP contribution is -2.39. The molecule has 0 aromatic carbocycles. The molecule has 1 amide bonds. The Labute approximate surface area is 114 Å². The third-order valence-corrected chi connectivity index (χ3v) is 3.30. The van der Waals surface area contributed by atoms with Gasteiger partial charge in [0.2, 0.25) is 0 Å². The number of aromatic nitrogens is 1. The Morgan fingerprint density at radius 2 is 2.15 bits per heavy atom. The van der Waals surface area contributed by atoms with E-state index in [1.54, 1.807) is 0 Å². The van der Waals surface area contributed by atoms with E-state index in [4.69, 9.17) is 5.11 Å². The molecule has 110 valence electrons. The van der Waals surface area contributed by atoms with Crippen molar-refractivity contribution in [2.24, 2.45) is 5.92 Å². The number of aliphatic carboxylic acids is 1. The maximum Gasteiger partial charge on any atom is 0.305 e. The van der Waals surface area contributed by atoms with Crippen molar-refractivity contribution in [3.05, 3.63) is 24.0 Å². The second-order valence-electron chi connectivity index (χ2n) is 4.95. The standard InChI is InChI=1S/C13H16F2N2O3/c14-11(15)7-17-5-1-2-10(17)13(20)16-9(6-12(18)19)8-3-4-8/h1-2,5,8-9,11H,3-4,6-7H2,(H,16,20)(H,18,19). The highest BCUT2D eigenvalue weighted by Crippen LogP contribution is 2.34. The van der Waals surface area contributed by atoms with Crippen LogP contribution in [0.1, 0.15) is 29.8 Å². The summed E-state index contributed by atoms with van der Waals surface area (Å²) in [5.74, 6) is -1.31. The Hall–Kier alpha value is -1.92. The van der Waals surface area contributed by atoms with Crippen LogP contribution in [0.4, 0.5) is 8.78 Å². The number of hydrogen-bond donors (Lipinski definition) is 2. The largest absolute Gasteiger partial charge is 0.481 e. The van der Waals surface area contributed by atoms with Crippen LogP contribution in [0, 0.1) is 5.92 Å². The molecule has 1 aliphatic carbocycles. The van der Waals surface area contributed by atoms with E-state index in [2.05, 4.69) is 5.32 Å². The molecular formula is C13H16F2N2O3. The van der Waals surface area contributed by atoms with Gasteiger partial charge in [0.1, 0.15) is 5.69 Å². The van der Waals surface area contributed by atoms with Gasteiger partial charge in [-0.1, -0.05) is 0 Å². The molecular weight excluding hydrogens is 270 g/mol. The van der Waals surface area contributed by atoms with Crippen molar-refractivity contribution < 1.29 is 23.5 Å². The minimum Gasteiger partial charge on any atom is -0.481 e. The van der Waals surface area contributed by atoms with Crippen LogP contribution in [0.2, 0.25) is 0 Å². The molecule has 1 aromatic rings. The molecule has 1 atom stereocenters. The highest BCUT2D eigenvalue weighted by Gasteiger charge is 2.34. The highest BCUT2D eigenvalue weighted by atomic mass is 19.3. The predicted molar refractivity (Wildman–Crippen MR) is 66.7 cm³/mol. The van der Waals surface area contributed by atoms with Crippen LogP contribution in [-0.4, -0.2) is 34.0 Å². The van der Waals surface area contributed by atoms with Gasteiger partial charge in [-0.25, -0.2) is 8.78 Å². The van der Waals surface area contributed by atoms with Crippen molar-refractivity contribution in [3.8, 4) is 0 Å². The third-order valence-electron chi connectivity index (χ3n) is 3.30. The van der Waals surface area contributed by atoms with Gasteiger partial charge in [-0.05, 0) is 30.9 Å². The summed E-state index contributed by atoms with van der Waals surface area (Å²) >= 11 is 0. The molecule has 0 aliphatic heterocycles. The molecule has 0 radical (unpaired) electrons. The summed E-state index contributed by atoms with van der Waals surface area (Å²) in [6.45, 7) is -0.553. The van der Waals surface area contributed by atoms with Crippen molar-refractivity contribution >= 4 is 11.9 Å². The van der Waals surface area contributed by atoms with Gasteiger partial charge in [-0.3, -0.25) is 9.59 Å². The van der Waals surface area contributed by atoms with Crippen molar-refractivity contribution in [1.29, 1.82) is 0 Å². The Kier molecular flexibility index (Phi) is 4.36. The van der Waals surface area contributed by atoms with E-state index in [1.807, 2.05) is 0 Å². The number of alkyl halides is 2. The summed E-state index contributed by atoms with van der Waals surface area (Å²) in [6, 6.07) is 2.53. The van der Waals surface area contributed by atoms with E-state index in [9.17, 15) is 18.4 Å². The second kappa shape index (κ2) is 6.02. The zero-order valence-corrected chi connectivity index (χ0v) is 10.8. The van der Waals surface area contributed by atoms with Gasteiger partial charge in [0.15, 0.2) is 0 Å². The van der Waals surface area contributed by atoms with E-state index in [1.165, 1.54) is 22.9 Å². The Morgan fingerprint density at radius 3 is 2.70 bits per heavy atom. The fourth-order valence-electron chi connectivity index (χ4n) is 2.19. The second-order valence-corrected chi connectivity index (χ2v) is 4.95. The van der Waals surface area contributed by atoms with Crippen LogP contribution in [0.5, 0.6) is 0 Å². The number of carbonyl (C=O) groups excluding carboxylic acids is 1. The minimum atomic E-state index is -2.55. The molecule has 20 heavy (non-hydrogen) atoms. The van der Waals surface area contributed by atoms with Crippen LogP contribution in [0.15, 0.2) is 18.3 Å². The number of carboxylic acid groups (broad SMARTS) is 1. The fraction of sp³-hybridized carbons (Fsp3) is 0.538. The summed E-state index contributed by atoms with van der Waals surface area (Å²) < 4.78 is 25.9. The summed E-state index contributed by atoms with van der Waals surface area (Å²) in [6.07, 6.45) is 0.482. The SMILES string of the molecule is O=C(O)CC(NC(=O)c1cccn1CC(F)F)C1CC1. The van der Waals surface area contributed by atoms with Gasteiger partial charge >= 0.3 is 5.97 Å². The molecule has 1 heterocycles. The number of rotatable bonds is 7. The van der Waals surface area contributed by atoms with Crippen LogP contribution in [-0.2, 0) is 11.3 Å². The number of nitrogens with one attached hydrogen (secondary N) is 1. The van der Waals surface area contributed by atoms with Crippen molar-refractivity contribution in [1.82, 2.24) is 9.88 Å². The molecule has 1 aromatic heterocycles. The minimum absolute atomic E-state index is 0.126. The van der Waals surface area contributed by atoms with Crippen LogP contribution in [0.3, 0.4) is 0 Å². The number of halogens is 2. The van der Waals surface area contributed by atoms with E-state index in [-0.39, 0.29) is 18.0 Å². The number of hydrogen-bond acceptors (Lipinski definition) is 2. The molecule has 5 nitrogen and oxygen atoms in total. The molecule has 1 fully saturated rings. The number of amides is 1. The smallest absolute Gasteiger partial charge is 0.305 e. The average Bonchev–Trinajstić information content (AvgIpc) is 3.08. The first kappa shape index (κ1) is 14.5. The first-order chi connectivity index (χ1) is 9.47. The summed E-state index contributed by atoms with van der Waals surface area (Å²) in [5, 5.41) is 11.5. The number of nitrogens with zero attached hydrogens (tertiary/aromatic N) is 1. The zero-order chi connectivity index (χ0) is 14.7. The van der Waals surface area contributed by atoms with Crippen LogP contribution < -0.4 is 5.32 Å². The first-order valence-electron chi connectivity index (χ1n) is 6.43. The van der Waals surface area contributed by atoms with Gasteiger partial charge in [-0.2, -0.15) is 0 Å².